The number of benzene rings is 2. The molecule has 0 N–H and O–H groups in total. The summed E-state index contributed by atoms with van der Waals surface area (Å²) in [6.45, 7) is 2.17. The molecule has 2 fully saturated rings. The molecule has 0 amide bonds. The van der Waals surface area contributed by atoms with E-state index in [2.05, 4.69) is 49.4 Å². The van der Waals surface area contributed by atoms with Gasteiger partial charge in [-0.25, -0.2) is 0 Å². The monoisotopic (exact) mass is 478 g/mol. The average Bonchev–Trinajstić information content (AvgIpc) is 2.86. The van der Waals surface area contributed by atoms with Crippen LogP contribution in [0.1, 0.15) is 80.9 Å². The first kappa shape index (κ1) is 25.4. The quantitative estimate of drug-likeness (QED) is 0.267. The van der Waals surface area contributed by atoms with E-state index in [4.69, 9.17) is 4.74 Å². The molecule has 0 aromatic heterocycles. The molecule has 0 unspecified atom stereocenters. The first-order valence-corrected chi connectivity index (χ1v) is 15.5. The number of hydrogen-bond acceptors (Lipinski definition) is 2. The number of esters is 1. The van der Waals surface area contributed by atoms with Crippen LogP contribution in [-0.4, -0.2) is 25.4 Å². The van der Waals surface area contributed by atoms with Gasteiger partial charge in [-0.15, -0.1) is 7.92 Å². The summed E-state index contributed by atoms with van der Waals surface area (Å²) in [6.07, 6.45) is 19.0. The molecular formula is C31H43O2P. The van der Waals surface area contributed by atoms with E-state index >= 15 is 0 Å². The van der Waals surface area contributed by atoms with E-state index in [9.17, 15) is 4.79 Å². The predicted molar refractivity (Wildman–Crippen MR) is 146 cm³/mol. The van der Waals surface area contributed by atoms with Crippen LogP contribution in [0, 0.1) is 18.8 Å². The Bertz CT molecular complexity index is 905. The number of carbonyl (C=O) groups excluding carboxylic acids is 1. The third-order valence-electron chi connectivity index (χ3n) is 8.06. The van der Waals surface area contributed by atoms with Crippen molar-refractivity contribution in [1.82, 2.24) is 0 Å². The van der Waals surface area contributed by atoms with Crippen LogP contribution in [0.5, 0.6) is 0 Å². The lowest BCUT2D eigenvalue weighted by Crippen LogP contribution is -2.16. The third kappa shape index (κ3) is 7.17. The number of ether oxygens (including phenoxy) is 1. The molecule has 0 aliphatic heterocycles. The van der Waals surface area contributed by atoms with Crippen LogP contribution in [0.2, 0.25) is 0 Å². The maximum absolute atomic E-state index is 12.1. The number of carbonyl (C=O) groups is 1. The van der Waals surface area contributed by atoms with Gasteiger partial charge in [-0.05, 0) is 65.1 Å². The smallest absolute Gasteiger partial charge is 0.309 e. The van der Waals surface area contributed by atoms with Crippen molar-refractivity contribution in [2.24, 2.45) is 11.8 Å². The summed E-state index contributed by atoms with van der Waals surface area (Å²) in [4.78, 5) is 12.1. The van der Waals surface area contributed by atoms with Gasteiger partial charge in [0.1, 0.15) is 0 Å². The van der Waals surface area contributed by atoms with Gasteiger partial charge in [-0.3, -0.25) is 4.79 Å². The van der Waals surface area contributed by atoms with Crippen LogP contribution < -0.4 is 0 Å². The van der Waals surface area contributed by atoms with Crippen LogP contribution in [0.4, 0.5) is 0 Å². The van der Waals surface area contributed by atoms with Crippen molar-refractivity contribution in [3.63, 3.8) is 0 Å². The Morgan fingerprint density at radius 2 is 1.47 bits per heavy atom. The summed E-state index contributed by atoms with van der Waals surface area (Å²) < 4.78 is 5.00. The van der Waals surface area contributed by atoms with Gasteiger partial charge >= 0.3 is 5.97 Å². The zero-order valence-corrected chi connectivity index (χ0v) is 22.3. The van der Waals surface area contributed by atoms with Crippen molar-refractivity contribution in [1.29, 1.82) is 0 Å². The average molecular weight is 479 g/mol. The fourth-order valence-electron chi connectivity index (χ4n) is 6.16. The Balaban J connectivity index is 1.58. The molecule has 0 heterocycles. The number of aryl methyl sites for hydroxylation is 1. The van der Waals surface area contributed by atoms with E-state index in [1.54, 1.807) is 0 Å². The lowest BCUT2D eigenvalue weighted by Gasteiger charge is -2.31. The molecule has 0 saturated heterocycles. The third-order valence-corrected chi connectivity index (χ3v) is 10.9. The molecule has 2 aliphatic carbocycles. The summed E-state index contributed by atoms with van der Waals surface area (Å²) in [7, 11) is 1.49. The fraction of sp³-hybridized carbons (Fsp3) is 0.581. The second kappa shape index (κ2) is 12.9. The summed E-state index contributed by atoms with van der Waals surface area (Å²) >= 11 is 0. The van der Waals surface area contributed by atoms with Crippen molar-refractivity contribution in [3.05, 3.63) is 59.2 Å². The Kier molecular flexibility index (Phi) is 9.63. The van der Waals surface area contributed by atoms with Gasteiger partial charge in [0.2, 0.25) is 0 Å². The number of hydrogen-bond donors (Lipinski definition) is 0. The first-order valence-electron chi connectivity index (χ1n) is 13.6. The standard InChI is InChI=1S/C31H43O2P/c1-24-11-9-10-16-29(24)30-19-27(17-18-28(30)20-31(32)33-2)23-34(21-25-12-5-3-6-13-25)22-26-14-7-4-8-15-26/h9-11,16-19,25-26H,3-8,12-15,20-23H2,1-2H3. The molecule has 2 aromatic rings. The van der Waals surface area contributed by atoms with E-state index in [-0.39, 0.29) is 13.9 Å². The minimum atomic E-state index is -0.167. The van der Waals surface area contributed by atoms with Crippen LogP contribution in [-0.2, 0) is 22.1 Å². The van der Waals surface area contributed by atoms with Crippen LogP contribution >= 0.6 is 7.92 Å². The van der Waals surface area contributed by atoms with Gasteiger partial charge in [-0.2, -0.15) is 0 Å². The Morgan fingerprint density at radius 1 is 0.853 bits per heavy atom. The summed E-state index contributed by atoms with van der Waals surface area (Å²) in [5.74, 6) is 1.75. The molecule has 4 rings (SSSR count). The summed E-state index contributed by atoms with van der Waals surface area (Å²) in [5.41, 5.74) is 6.26. The predicted octanol–water partition coefficient (Wildman–Crippen LogP) is 8.52. The highest BCUT2D eigenvalue weighted by Crippen LogP contribution is 2.48. The molecule has 184 valence electrons. The second-order valence-corrected chi connectivity index (χ2v) is 13.1. The minimum Gasteiger partial charge on any atom is -0.469 e. The lowest BCUT2D eigenvalue weighted by molar-refractivity contribution is -0.139. The van der Waals surface area contributed by atoms with E-state index in [0.29, 0.717) is 6.42 Å². The number of methoxy groups -OCH3 is 1. The van der Waals surface area contributed by atoms with Gasteiger partial charge in [0.15, 0.2) is 0 Å². The zero-order valence-electron chi connectivity index (χ0n) is 21.4. The maximum Gasteiger partial charge on any atom is 0.309 e. The van der Waals surface area contributed by atoms with Crippen molar-refractivity contribution >= 4 is 13.9 Å². The van der Waals surface area contributed by atoms with Crippen molar-refractivity contribution in [3.8, 4) is 11.1 Å². The summed E-state index contributed by atoms with van der Waals surface area (Å²) in [5, 5.41) is 0. The van der Waals surface area contributed by atoms with Crippen molar-refractivity contribution in [2.75, 3.05) is 19.4 Å². The van der Waals surface area contributed by atoms with Crippen molar-refractivity contribution in [2.45, 2.75) is 83.7 Å². The van der Waals surface area contributed by atoms with Crippen molar-refractivity contribution < 1.29 is 9.53 Å². The largest absolute Gasteiger partial charge is 0.469 e. The minimum absolute atomic E-state index is 0.00733. The highest BCUT2D eigenvalue weighted by atomic mass is 31.1. The Morgan fingerprint density at radius 3 is 2.06 bits per heavy atom. The number of rotatable bonds is 9. The molecule has 34 heavy (non-hydrogen) atoms. The normalized spacial score (nSPS) is 17.7. The van der Waals surface area contributed by atoms with E-state index in [0.717, 1.165) is 17.4 Å². The van der Waals surface area contributed by atoms with Crippen LogP contribution in [0.15, 0.2) is 42.5 Å². The van der Waals surface area contributed by atoms with Crippen LogP contribution in [0.3, 0.4) is 0 Å². The molecule has 0 spiro atoms. The molecule has 2 saturated carbocycles. The second-order valence-electron chi connectivity index (χ2n) is 10.8. The molecular weight excluding hydrogens is 435 g/mol. The van der Waals surface area contributed by atoms with E-state index in [1.807, 2.05) is 0 Å². The highest BCUT2D eigenvalue weighted by molar-refractivity contribution is 7.56. The molecule has 2 nitrogen and oxygen atoms in total. The Labute approximate surface area is 208 Å². The maximum atomic E-state index is 12.1. The van der Waals surface area contributed by atoms with Gasteiger partial charge < -0.3 is 4.74 Å². The molecule has 2 aromatic carbocycles. The van der Waals surface area contributed by atoms with E-state index < -0.39 is 0 Å². The summed E-state index contributed by atoms with van der Waals surface area (Å²) in [6, 6.07) is 15.5. The van der Waals surface area contributed by atoms with E-state index in [1.165, 1.54) is 112 Å². The molecule has 0 bridgehead atoms. The van der Waals surface area contributed by atoms with Gasteiger partial charge in [0, 0.05) is 0 Å². The lowest BCUT2D eigenvalue weighted by atomic mass is 9.91. The molecule has 0 atom stereocenters. The van der Waals surface area contributed by atoms with Gasteiger partial charge in [0.05, 0.1) is 13.5 Å². The van der Waals surface area contributed by atoms with Crippen LogP contribution in [0.25, 0.3) is 11.1 Å². The van der Waals surface area contributed by atoms with Gasteiger partial charge in [0.25, 0.3) is 0 Å². The zero-order chi connectivity index (χ0) is 23.8. The molecule has 2 aliphatic rings. The SMILES string of the molecule is COC(=O)Cc1ccc(CP(CC2CCCCC2)CC2CCCCC2)cc1-c1ccccc1C. The fourth-order valence-corrected chi connectivity index (χ4v) is 9.47. The Hall–Kier alpha value is -1.66. The topological polar surface area (TPSA) is 26.3 Å². The highest BCUT2D eigenvalue weighted by Gasteiger charge is 2.24. The molecule has 3 heteroatoms. The first-order chi connectivity index (χ1) is 16.6. The van der Waals surface area contributed by atoms with Gasteiger partial charge in [-0.1, -0.05) is 107 Å². The molecule has 0 radical (unpaired) electrons.